The van der Waals surface area contributed by atoms with Crippen molar-refractivity contribution in [1.82, 2.24) is 24.9 Å². The number of carbonyl (C=O) groups excluding carboxylic acids is 2. The van der Waals surface area contributed by atoms with E-state index in [9.17, 15) is 9.59 Å². The Morgan fingerprint density at radius 1 is 1.35 bits per heavy atom. The van der Waals surface area contributed by atoms with Gasteiger partial charge in [0.25, 0.3) is 0 Å². The molecule has 128 valence electrons. The van der Waals surface area contributed by atoms with E-state index in [2.05, 4.69) is 10.4 Å². The number of amides is 2. The monoisotopic (exact) mass is 321 g/mol. The van der Waals surface area contributed by atoms with Crippen LogP contribution in [0.1, 0.15) is 25.3 Å². The van der Waals surface area contributed by atoms with Crippen LogP contribution in [0.25, 0.3) is 0 Å². The van der Waals surface area contributed by atoms with Gasteiger partial charge in [0.1, 0.15) is 0 Å². The van der Waals surface area contributed by atoms with E-state index in [1.54, 1.807) is 21.5 Å². The maximum absolute atomic E-state index is 12.8. The largest absolute Gasteiger partial charge is 0.342 e. The second-order valence-electron chi connectivity index (χ2n) is 6.08. The average Bonchev–Trinajstić information content (AvgIpc) is 3.15. The van der Waals surface area contributed by atoms with Crippen molar-refractivity contribution in [1.29, 1.82) is 0 Å². The highest BCUT2D eigenvalue weighted by Crippen LogP contribution is 2.29. The molecule has 1 aliphatic rings. The van der Waals surface area contributed by atoms with Gasteiger partial charge in [-0.15, -0.1) is 0 Å². The van der Waals surface area contributed by atoms with Crippen molar-refractivity contribution in [2.45, 2.75) is 19.8 Å². The van der Waals surface area contributed by atoms with Crippen LogP contribution >= 0.6 is 0 Å². The molecule has 2 amide bonds. The van der Waals surface area contributed by atoms with Crippen LogP contribution in [0.15, 0.2) is 12.4 Å². The number of hydrogen-bond acceptors (Lipinski definition) is 4. The molecule has 2 atom stereocenters. The molecule has 7 nitrogen and oxygen atoms in total. The lowest BCUT2D eigenvalue weighted by Gasteiger charge is -2.26. The van der Waals surface area contributed by atoms with E-state index < -0.39 is 0 Å². The molecule has 0 aliphatic carbocycles. The zero-order valence-corrected chi connectivity index (χ0v) is 14.5. The number of likely N-dealkylation sites (N-methyl/N-ethyl adjacent to an activating group) is 2. The molecule has 0 radical (unpaired) electrons. The highest BCUT2D eigenvalue weighted by molar-refractivity contribution is 5.86. The van der Waals surface area contributed by atoms with Crippen LogP contribution in [-0.2, 0) is 16.6 Å². The minimum atomic E-state index is -0.145. The fourth-order valence-electron chi connectivity index (χ4n) is 3.16. The molecule has 1 N–H and O–H groups in total. The Hall–Kier alpha value is -1.89. The molecule has 1 saturated heterocycles. The first-order valence-electron chi connectivity index (χ1n) is 8.19. The predicted molar refractivity (Wildman–Crippen MR) is 87.9 cm³/mol. The molecule has 0 aromatic carbocycles. The maximum atomic E-state index is 12.8. The van der Waals surface area contributed by atoms with Crippen LogP contribution in [0.2, 0.25) is 0 Å². The SMILES string of the molecule is CCN(CC)C(=O)CN(C)C(=O)[C@H]1CNC[C@@H]1c1cnn(C)c1. The van der Waals surface area contributed by atoms with Crippen LogP contribution in [-0.4, -0.2) is 71.2 Å². The zero-order chi connectivity index (χ0) is 17.0. The van der Waals surface area contributed by atoms with Gasteiger partial charge in [-0.3, -0.25) is 14.3 Å². The van der Waals surface area contributed by atoms with Crippen LogP contribution < -0.4 is 5.32 Å². The Morgan fingerprint density at radius 3 is 2.61 bits per heavy atom. The van der Waals surface area contributed by atoms with Crippen molar-refractivity contribution in [3.05, 3.63) is 18.0 Å². The summed E-state index contributed by atoms with van der Waals surface area (Å²) >= 11 is 0. The molecule has 7 heteroatoms. The minimum absolute atomic E-state index is 0.00488. The van der Waals surface area contributed by atoms with Gasteiger partial charge < -0.3 is 15.1 Å². The highest BCUT2D eigenvalue weighted by Gasteiger charge is 2.36. The standard InChI is InChI=1S/C16H27N5O2/c1-5-21(6-2)15(22)11-19(3)16(23)14-9-17-8-13(14)12-7-18-20(4)10-12/h7,10,13-14,17H,5-6,8-9,11H2,1-4H3/t13-,14+/m1/s1. The first kappa shape index (κ1) is 17.5. The van der Waals surface area contributed by atoms with Crippen molar-refractivity contribution in [2.75, 3.05) is 39.8 Å². The third-order valence-electron chi connectivity index (χ3n) is 4.55. The van der Waals surface area contributed by atoms with Crippen molar-refractivity contribution >= 4 is 11.8 Å². The van der Waals surface area contributed by atoms with Crippen LogP contribution in [0.3, 0.4) is 0 Å². The van der Waals surface area contributed by atoms with Gasteiger partial charge >= 0.3 is 0 Å². The van der Waals surface area contributed by atoms with Crippen molar-refractivity contribution < 1.29 is 9.59 Å². The molecule has 0 unspecified atom stereocenters. The molecule has 1 aromatic rings. The fourth-order valence-corrected chi connectivity index (χ4v) is 3.16. The van der Waals surface area contributed by atoms with Crippen molar-refractivity contribution in [3.63, 3.8) is 0 Å². The molecule has 1 fully saturated rings. The molecule has 2 rings (SSSR count). The molecule has 23 heavy (non-hydrogen) atoms. The molecule has 2 heterocycles. The molecular formula is C16H27N5O2. The molecule has 1 aromatic heterocycles. The topological polar surface area (TPSA) is 70.5 Å². The van der Waals surface area contributed by atoms with Crippen molar-refractivity contribution in [2.24, 2.45) is 13.0 Å². The Labute approximate surface area is 137 Å². The summed E-state index contributed by atoms with van der Waals surface area (Å²) in [6.45, 7) is 6.77. The lowest BCUT2D eigenvalue weighted by atomic mass is 9.90. The van der Waals surface area contributed by atoms with E-state index in [0.717, 1.165) is 12.1 Å². The lowest BCUT2D eigenvalue weighted by Crippen LogP contribution is -2.44. The third-order valence-corrected chi connectivity index (χ3v) is 4.55. The quantitative estimate of drug-likeness (QED) is 0.804. The van der Waals surface area contributed by atoms with Crippen LogP contribution in [0.4, 0.5) is 0 Å². The van der Waals surface area contributed by atoms with Crippen molar-refractivity contribution in [3.8, 4) is 0 Å². The molecule has 1 aliphatic heterocycles. The van der Waals surface area contributed by atoms with Gasteiger partial charge in [0.05, 0.1) is 18.7 Å². The van der Waals surface area contributed by atoms with Gasteiger partial charge in [-0.25, -0.2) is 0 Å². The van der Waals surface area contributed by atoms with Gasteiger partial charge in [-0.2, -0.15) is 5.10 Å². The minimum Gasteiger partial charge on any atom is -0.342 e. The van der Waals surface area contributed by atoms with E-state index >= 15 is 0 Å². The van der Waals surface area contributed by atoms with E-state index in [4.69, 9.17) is 0 Å². The molecular weight excluding hydrogens is 294 g/mol. The number of aryl methyl sites for hydroxylation is 1. The first-order valence-corrected chi connectivity index (χ1v) is 8.19. The van der Waals surface area contributed by atoms with Crippen LogP contribution in [0.5, 0.6) is 0 Å². The van der Waals surface area contributed by atoms with Gasteiger partial charge in [0.2, 0.25) is 11.8 Å². The smallest absolute Gasteiger partial charge is 0.242 e. The Morgan fingerprint density at radius 2 is 2.04 bits per heavy atom. The van der Waals surface area contributed by atoms with E-state index in [-0.39, 0.29) is 30.2 Å². The highest BCUT2D eigenvalue weighted by atomic mass is 16.2. The van der Waals surface area contributed by atoms with Gasteiger partial charge in [0, 0.05) is 52.4 Å². The predicted octanol–water partition coefficient (Wildman–Crippen LogP) is 0.0499. The number of nitrogens with one attached hydrogen (secondary N) is 1. The Bertz CT molecular complexity index is 552. The van der Waals surface area contributed by atoms with E-state index in [1.165, 1.54) is 0 Å². The summed E-state index contributed by atoms with van der Waals surface area (Å²) in [5.41, 5.74) is 1.07. The third kappa shape index (κ3) is 3.90. The molecule has 0 saturated carbocycles. The normalized spacial score (nSPS) is 20.5. The number of nitrogens with zero attached hydrogens (tertiary/aromatic N) is 4. The summed E-state index contributed by atoms with van der Waals surface area (Å²) in [5, 5.41) is 7.48. The second kappa shape index (κ2) is 7.59. The summed E-state index contributed by atoms with van der Waals surface area (Å²) in [5.74, 6) is -0.0185. The van der Waals surface area contributed by atoms with Gasteiger partial charge in [0.15, 0.2) is 0 Å². The summed E-state index contributed by atoms with van der Waals surface area (Å²) in [6, 6.07) is 0. The summed E-state index contributed by atoms with van der Waals surface area (Å²) in [4.78, 5) is 28.3. The Kier molecular flexibility index (Phi) is 5.76. The average molecular weight is 321 g/mol. The summed E-state index contributed by atoms with van der Waals surface area (Å²) in [7, 11) is 3.58. The second-order valence-corrected chi connectivity index (χ2v) is 6.08. The first-order chi connectivity index (χ1) is 11.0. The molecule has 0 bridgehead atoms. The lowest BCUT2D eigenvalue weighted by molar-refractivity contribution is -0.141. The van der Waals surface area contributed by atoms with E-state index in [1.807, 2.05) is 33.3 Å². The number of carbonyl (C=O) groups is 2. The summed E-state index contributed by atoms with van der Waals surface area (Å²) in [6.07, 6.45) is 3.78. The molecule has 0 spiro atoms. The maximum Gasteiger partial charge on any atom is 0.242 e. The fraction of sp³-hybridized carbons (Fsp3) is 0.688. The van der Waals surface area contributed by atoms with Crippen LogP contribution in [0, 0.1) is 5.92 Å². The van der Waals surface area contributed by atoms with E-state index in [0.29, 0.717) is 19.6 Å². The van der Waals surface area contributed by atoms with Gasteiger partial charge in [-0.1, -0.05) is 0 Å². The zero-order valence-electron chi connectivity index (χ0n) is 14.5. The van der Waals surface area contributed by atoms with Gasteiger partial charge in [-0.05, 0) is 19.4 Å². The number of rotatable bonds is 6. The number of hydrogen-bond donors (Lipinski definition) is 1. The number of aromatic nitrogens is 2. The Balaban J connectivity index is 2.02. The summed E-state index contributed by atoms with van der Waals surface area (Å²) < 4.78 is 1.75.